The second-order valence-electron chi connectivity index (χ2n) is 16.9. The van der Waals surface area contributed by atoms with Gasteiger partial charge in [0.25, 0.3) is 0 Å². The van der Waals surface area contributed by atoms with Gasteiger partial charge in [0.2, 0.25) is 0 Å². The van der Waals surface area contributed by atoms with Gasteiger partial charge in [-0.05, 0) is 79.7 Å². The Morgan fingerprint density at radius 1 is 0.623 bits per heavy atom. The zero-order valence-corrected chi connectivity index (χ0v) is 30.6. The van der Waals surface area contributed by atoms with E-state index in [1.807, 2.05) is 0 Å². The maximum atomic E-state index is 6.85. The van der Waals surface area contributed by atoms with Crippen LogP contribution in [-0.4, -0.2) is 11.4 Å². The lowest BCUT2D eigenvalue weighted by atomic mass is 9.43. The fourth-order valence-electron chi connectivity index (χ4n) is 10.3. The molecule has 0 spiro atoms. The molecule has 0 saturated heterocycles. The highest BCUT2D eigenvalue weighted by molar-refractivity contribution is 6.94. The molecule has 2 aromatic heterocycles. The Morgan fingerprint density at radius 3 is 2.15 bits per heavy atom. The summed E-state index contributed by atoms with van der Waals surface area (Å²) in [7, 11) is 0. The number of fused-ring (bicyclic) bond motifs is 14. The standard InChI is InChI=1S/C49H37BN2O/c1-48(2,3)30-21-23-31(24-22-30)52-38-26-29-14-7-6-13-28(29)25-35(38)44-43-33-16-9-11-20-40(33)53-41(43)27-39-45(44)50(52)37-19-12-17-34-42-32-15-8-10-18-36(32)49(4,5)47(42)51(39)46(34)37/h6-27H,1-5H3. The van der Waals surface area contributed by atoms with Crippen molar-refractivity contribution < 1.29 is 4.42 Å². The second-order valence-corrected chi connectivity index (χ2v) is 16.9. The summed E-state index contributed by atoms with van der Waals surface area (Å²) in [5.41, 5.74) is 18.7. The number of benzene rings is 7. The molecule has 0 radical (unpaired) electrons. The Labute approximate surface area is 309 Å². The highest BCUT2D eigenvalue weighted by Crippen LogP contribution is 2.56. The largest absolute Gasteiger partial charge is 0.456 e. The van der Waals surface area contributed by atoms with Gasteiger partial charge < -0.3 is 13.8 Å². The first-order valence-corrected chi connectivity index (χ1v) is 18.9. The molecule has 0 amide bonds. The number of rotatable bonds is 1. The van der Waals surface area contributed by atoms with E-state index in [4.69, 9.17) is 4.42 Å². The molecule has 252 valence electrons. The first kappa shape index (κ1) is 29.6. The zero-order valence-electron chi connectivity index (χ0n) is 30.6. The van der Waals surface area contributed by atoms with Crippen LogP contribution < -0.4 is 15.7 Å². The van der Waals surface area contributed by atoms with Gasteiger partial charge in [-0.3, -0.25) is 0 Å². The van der Waals surface area contributed by atoms with Crippen LogP contribution in [0.4, 0.5) is 11.4 Å². The van der Waals surface area contributed by atoms with Crippen molar-refractivity contribution >= 4 is 72.8 Å². The van der Waals surface area contributed by atoms with E-state index in [-0.39, 0.29) is 17.7 Å². The molecule has 3 nitrogen and oxygen atoms in total. The van der Waals surface area contributed by atoms with Crippen LogP contribution in [0, 0.1) is 0 Å². The van der Waals surface area contributed by atoms with Crippen LogP contribution in [0.15, 0.2) is 138 Å². The van der Waals surface area contributed by atoms with E-state index in [9.17, 15) is 0 Å². The van der Waals surface area contributed by atoms with Crippen LogP contribution in [0.3, 0.4) is 0 Å². The van der Waals surface area contributed by atoms with E-state index < -0.39 is 0 Å². The van der Waals surface area contributed by atoms with Gasteiger partial charge >= 0.3 is 6.85 Å². The average Bonchev–Trinajstić information content (AvgIpc) is 3.79. The van der Waals surface area contributed by atoms with Crippen molar-refractivity contribution in [3.63, 3.8) is 0 Å². The van der Waals surface area contributed by atoms with E-state index in [1.54, 1.807) is 0 Å². The summed E-state index contributed by atoms with van der Waals surface area (Å²) in [5.74, 6) is 0. The number of para-hydroxylation sites is 2. The fraction of sp³-hybridized carbons (Fsp3) is 0.143. The molecule has 2 aliphatic heterocycles. The first-order chi connectivity index (χ1) is 25.7. The normalized spacial score (nSPS) is 15.0. The summed E-state index contributed by atoms with van der Waals surface area (Å²) < 4.78 is 9.48. The summed E-state index contributed by atoms with van der Waals surface area (Å²) in [6.45, 7) is 11.6. The minimum Gasteiger partial charge on any atom is -0.456 e. The first-order valence-electron chi connectivity index (χ1n) is 18.9. The van der Waals surface area contributed by atoms with E-state index in [2.05, 4.69) is 177 Å². The third-order valence-electron chi connectivity index (χ3n) is 12.6. The number of furan rings is 1. The van der Waals surface area contributed by atoms with Crippen LogP contribution in [-0.2, 0) is 10.8 Å². The summed E-state index contributed by atoms with van der Waals surface area (Å²) in [5, 5.41) is 6.16. The molecule has 0 fully saturated rings. The lowest BCUT2D eigenvalue weighted by molar-refractivity contribution is 0.590. The lowest BCUT2D eigenvalue weighted by Crippen LogP contribution is -2.60. The van der Waals surface area contributed by atoms with Crippen LogP contribution in [0.2, 0.25) is 0 Å². The smallest absolute Gasteiger partial charge is 0.333 e. The summed E-state index contributed by atoms with van der Waals surface area (Å²) in [6, 6.07) is 50.1. The molecule has 0 saturated carbocycles. The minimum atomic E-state index is -0.198. The Morgan fingerprint density at radius 2 is 1.34 bits per heavy atom. The van der Waals surface area contributed by atoms with Crippen molar-refractivity contribution in [2.75, 3.05) is 4.81 Å². The second kappa shape index (κ2) is 9.70. The van der Waals surface area contributed by atoms with Gasteiger partial charge in [0, 0.05) is 61.5 Å². The van der Waals surface area contributed by atoms with Gasteiger partial charge in [0.15, 0.2) is 0 Å². The lowest BCUT2D eigenvalue weighted by Gasteiger charge is -2.43. The van der Waals surface area contributed by atoms with Crippen LogP contribution in [0.25, 0.3) is 71.6 Å². The molecule has 0 N–H and O–H groups in total. The Hall–Kier alpha value is -6.00. The number of hydrogen-bond donors (Lipinski definition) is 0. The predicted molar refractivity (Wildman–Crippen MR) is 223 cm³/mol. The average molecular weight is 681 g/mol. The Bertz CT molecular complexity index is 3080. The minimum absolute atomic E-state index is 0.0585. The topological polar surface area (TPSA) is 21.3 Å². The van der Waals surface area contributed by atoms with Gasteiger partial charge in [-0.15, -0.1) is 0 Å². The summed E-state index contributed by atoms with van der Waals surface area (Å²) in [6.07, 6.45) is 0. The van der Waals surface area contributed by atoms with Gasteiger partial charge in [0.05, 0.1) is 5.52 Å². The van der Waals surface area contributed by atoms with E-state index in [1.165, 1.54) is 94.1 Å². The van der Waals surface area contributed by atoms with Crippen molar-refractivity contribution in [1.29, 1.82) is 0 Å². The number of aromatic nitrogens is 1. The van der Waals surface area contributed by atoms with Gasteiger partial charge in [-0.25, -0.2) is 0 Å². The highest BCUT2D eigenvalue weighted by Gasteiger charge is 2.49. The van der Waals surface area contributed by atoms with E-state index >= 15 is 0 Å². The molecule has 53 heavy (non-hydrogen) atoms. The summed E-state index contributed by atoms with van der Waals surface area (Å²) >= 11 is 0. The molecule has 9 aromatic rings. The fourth-order valence-corrected chi connectivity index (χ4v) is 10.3. The predicted octanol–water partition coefficient (Wildman–Crippen LogP) is 11.5. The zero-order chi connectivity index (χ0) is 35.5. The molecule has 7 aromatic carbocycles. The van der Waals surface area contributed by atoms with Crippen molar-refractivity contribution in [2.24, 2.45) is 0 Å². The Balaban J connectivity index is 1.30. The molecule has 4 heterocycles. The van der Waals surface area contributed by atoms with Crippen LogP contribution in [0.1, 0.15) is 51.4 Å². The van der Waals surface area contributed by atoms with E-state index in [0.717, 1.165) is 16.6 Å². The molecule has 1 aliphatic carbocycles. The van der Waals surface area contributed by atoms with Crippen molar-refractivity contribution in [3.05, 3.63) is 150 Å². The van der Waals surface area contributed by atoms with Crippen molar-refractivity contribution in [1.82, 2.24) is 4.57 Å². The maximum absolute atomic E-state index is 6.85. The molecule has 0 bridgehead atoms. The molecule has 12 rings (SSSR count). The quantitative estimate of drug-likeness (QED) is 0.161. The third kappa shape index (κ3) is 3.61. The maximum Gasteiger partial charge on any atom is 0.333 e. The van der Waals surface area contributed by atoms with Crippen LogP contribution >= 0.6 is 0 Å². The van der Waals surface area contributed by atoms with Gasteiger partial charge in [-0.2, -0.15) is 0 Å². The summed E-state index contributed by atoms with van der Waals surface area (Å²) in [4.78, 5) is 2.64. The van der Waals surface area contributed by atoms with Crippen molar-refractivity contribution in [3.8, 4) is 27.9 Å². The van der Waals surface area contributed by atoms with Gasteiger partial charge in [-0.1, -0.05) is 132 Å². The molecular weight excluding hydrogens is 643 g/mol. The molecule has 0 unspecified atom stereocenters. The van der Waals surface area contributed by atoms with E-state index in [0.29, 0.717) is 0 Å². The third-order valence-corrected chi connectivity index (χ3v) is 12.6. The SMILES string of the molecule is CC(C)(C)c1ccc(N2B3c4c(cc5oc6ccccc6c5c4-c4cc5ccccc5cc42)-n2c4c(c5cccc3c52)-c2ccccc2C4(C)C)cc1. The van der Waals surface area contributed by atoms with Crippen molar-refractivity contribution in [2.45, 2.75) is 45.4 Å². The Kier molecular flexibility index (Phi) is 5.41. The van der Waals surface area contributed by atoms with Crippen LogP contribution in [0.5, 0.6) is 0 Å². The molecule has 0 atom stereocenters. The molecular formula is C49H37BN2O. The van der Waals surface area contributed by atoms with Gasteiger partial charge in [0.1, 0.15) is 11.2 Å². The molecule has 3 aliphatic rings. The monoisotopic (exact) mass is 680 g/mol. The number of nitrogens with zero attached hydrogens (tertiary/aromatic N) is 2. The molecule has 4 heteroatoms. The highest BCUT2D eigenvalue weighted by atomic mass is 16.3. The number of anilines is 2. The number of hydrogen-bond acceptors (Lipinski definition) is 2.